The molecule has 17 heavy (non-hydrogen) atoms. The summed E-state index contributed by atoms with van der Waals surface area (Å²) in [5.41, 5.74) is 0.709. The van der Waals surface area contributed by atoms with Crippen LogP contribution in [-0.4, -0.2) is 25.0 Å². The number of halogens is 2. The van der Waals surface area contributed by atoms with E-state index in [1.165, 1.54) is 6.42 Å². The number of carbonyl (C=O) groups is 1. The molecule has 2 N–H and O–H groups in total. The third-order valence-corrected chi connectivity index (χ3v) is 3.31. The zero-order valence-electron chi connectivity index (χ0n) is 9.41. The van der Waals surface area contributed by atoms with Crippen LogP contribution in [0.15, 0.2) is 28.7 Å². The van der Waals surface area contributed by atoms with E-state index in [9.17, 15) is 4.79 Å². The minimum Gasteiger partial charge on any atom is -0.350 e. The Hall–Kier alpha value is -0.580. The standard InChI is InChI=1S/C12H15BrN2O.ClH/c13-10-5-3-9(4-6-10)12(16)15-8-11-2-1-7-14-11;/h3-6,11,14H,1-2,7-8H2,(H,15,16);1H. The Kier molecular flexibility index (Phi) is 5.95. The van der Waals surface area contributed by atoms with Gasteiger partial charge in [-0.3, -0.25) is 4.79 Å². The van der Waals surface area contributed by atoms with Crippen molar-refractivity contribution >= 4 is 34.2 Å². The first-order valence-electron chi connectivity index (χ1n) is 5.53. The SMILES string of the molecule is Cl.O=C(NCC1CCCN1)c1ccc(Br)cc1. The Bertz CT molecular complexity index is 363. The summed E-state index contributed by atoms with van der Waals surface area (Å²) in [4.78, 5) is 11.8. The lowest BCUT2D eigenvalue weighted by Crippen LogP contribution is -2.37. The van der Waals surface area contributed by atoms with Crippen molar-refractivity contribution in [3.63, 3.8) is 0 Å². The Morgan fingerprint density at radius 3 is 2.71 bits per heavy atom. The van der Waals surface area contributed by atoms with Gasteiger partial charge in [-0.05, 0) is 43.7 Å². The Morgan fingerprint density at radius 1 is 1.41 bits per heavy atom. The zero-order valence-corrected chi connectivity index (χ0v) is 11.8. The first kappa shape index (κ1) is 14.5. The van der Waals surface area contributed by atoms with Crippen LogP contribution in [0.1, 0.15) is 23.2 Å². The molecule has 5 heteroatoms. The fraction of sp³-hybridized carbons (Fsp3) is 0.417. The van der Waals surface area contributed by atoms with E-state index >= 15 is 0 Å². The van der Waals surface area contributed by atoms with Gasteiger partial charge in [-0.2, -0.15) is 0 Å². The van der Waals surface area contributed by atoms with E-state index in [2.05, 4.69) is 26.6 Å². The quantitative estimate of drug-likeness (QED) is 0.898. The molecule has 1 aromatic rings. The molecule has 2 rings (SSSR count). The van der Waals surface area contributed by atoms with Gasteiger partial charge in [-0.15, -0.1) is 12.4 Å². The number of rotatable bonds is 3. The van der Waals surface area contributed by atoms with Gasteiger partial charge in [0.15, 0.2) is 0 Å². The van der Waals surface area contributed by atoms with Crippen molar-refractivity contribution in [2.75, 3.05) is 13.1 Å². The second-order valence-electron chi connectivity index (χ2n) is 4.01. The smallest absolute Gasteiger partial charge is 0.251 e. The molecule has 94 valence electrons. The molecule has 1 aromatic carbocycles. The van der Waals surface area contributed by atoms with Gasteiger partial charge < -0.3 is 10.6 Å². The molecular weight excluding hydrogens is 304 g/mol. The highest BCUT2D eigenvalue weighted by molar-refractivity contribution is 9.10. The maximum atomic E-state index is 11.8. The number of amides is 1. The number of nitrogens with one attached hydrogen (secondary N) is 2. The highest BCUT2D eigenvalue weighted by Crippen LogP contribution is 2.10. The molecule has 3 nitrogen and oxygen atoms in total. The van der Waals surface area contributed by atoms with E-state index in [4.69, 9.17) is 0 Å². The number of carbonyl (C=O) groups excluding carboxylic acids is 1. The topological polar surface area (TPSA) is 41.1 Å². The Balaban J connectivity index is 0.00000144. The molecule has 0 aromatic heterocycles. The molecule has 0 spiro atoms. The third-order valence-electron chi connectivity index (χ3n) is 2.78. The van der Waals surface area contributed by atoms with E-state index in [1.807, 2.05) is 24.3 Å². The molecule has 1 unspecified atom stereocenters. The summed E-state index contributed by atoms with van der Waals surface area (Å²) in [6, 6.07) is 7.84. The van der Waals surface area contributed by atoms with E-state index in [0.29, 0.717) is 11.6 Å². The van der Waals surface area contributed by atoms with E-state index in [0.717, 1.165) is 24.0 Å². The summed E-state index contributed by atoms with van der Waals surface area (Å²) in [5, 5.41) is 6.29. The van der Waals surface area contributed by atoms with Crippen LogP contribution >= 0.6 is 28.3 Å². The van der Waals surface area contributed by atoms with Crippen molar-refractivity contribution in [2.24, 2.45) is 0 Å². The van der Waals surface area contributed by atoms with Gasteiger partial charge in [0.05, 0.1) is 0 Å². The molecule has 1 aliphatic rings. The van der Waals surface area contributed by atoms with E-state index in [-0.39, 0.29) is 18.3 Å². The predicted octanol–water partition coefficient (Wildman–Crippen LogP) is 2.35. The average Bonchev–Trinajstić information content (AvgIpc) is 2.80. The molecule has 1 amide bonds. The first-order chi connectivity index (χ1) is 7.75. The van der Waals surface area contributed by atoms with Crippen LogP contribution in [0.5, 0.6) is 0 Å². The predicted molar refractivity (Wildman–Crippen MR) is 74.7 cm³/mol. The fourth-order valence-corrected chi connectivity index (χ4v) is 2.11. The minimum absolute atomic E-state index is 0. The van der Waals surface area contributed by atoms with Crippen molar-refractivity contribution in [3.8, 4) is 0 Å². The summed E-state index contributed by atoms with van der Waals surface area (Å²) < 4.78 is 0.988. The van der Waals surface area contributed by atoms with Gasteiger partial charge in [0.1, 0.15) is 0 Å². The van der Waals surface area contributed by atoms with Crippen LogP contribution in [0.2, 0.25) is 0 Å². The van der Waals surface area contributed by atoms with Crippen LogP contribution in [0.4, 0.5) is 0 Å². The molecule has 0 radical (unpaired) electrons. The summed E-state index contributed by atoms with van der Waals surface area (Å²) >= 11 is 3.35. The summed E-state index contributed by atoms with van der Waals surface area (Å²) in [7, 11) is 0. The van der Waals surface area contributed by atoms with Crippen molar-refractivity contribution in [2.45, 2.75) is 18.9 Å². The van der Waals surface area contributed by atoms with Crippen molar-refractivity contribution < 1.29 is 4.79 Å². The highest BCUT2D eigenvalue weighted by atomic mass is 79.9. The summed E-state index contributed by atoms with van der Waals surface area (Å²) in [5.74, 6) is 0.00111. The average molecular weight is 320 g/mol. The number of benzene rings is 1. The van der Waals surface area contributed by atoms with Crippen LogP contribution < -0.4 is 10.6 Å². The molecule has 1 saturated heterocycles. The molecule has 1 heterocycles. The zero-order chi connectivity index (χ0) is 11.4. The normalized spacial score (nSPS) is 18.5. The van der Waals surface area contributed by atoms with Crippen LogP contribution in [0.25, 0.3) is 0 Å². The summed E-state index contributed by atoms with van der Waals surface area (Å²) in [6.45, 7) is 1.79. The Labute approximate surface area is 116 Å². The highest BCUT2D eigenvalue weighted by Gasteiger charge is 2.14. The van der Waals surface area contributed by atoms with Gasteiger partial charge in [0.25, 0.3) is 5.91 Å². The molecule has 0 aliphatic carbocycles. The molecule has 0 saturated carbocycles. The maximum Gasteiger partial charge on any atom is 0.251 e. The maximum absolute atomic E-state index is 11.8. The first-order valence-corrected chi connectivity index (χ1v) is 6.32. The van der Waals surface area contributed by atoms with Gasteiger partial charge in [0, 0.05) is 22.6 Å². The summed E-state index contributed by atoms with van der Waals surface area (Å²) in [6.07, 6.45) is 2.36. The van der Waals surface area contributed by atoms with Crippen molar-refractivity contribution in [3.05, 3.63) is 34.3 Å². The molecule has 1 atom stereocenters. The van der Waals surface area contributed by atoms with E-state index < -0.39 is 0 Å². The number of hydrogen-bond donors (Lipinski definition) is 2. The lowest BCUT2D eigenvalue weighted by atomic mass is 10.2. The van der Waals surface area contributed by atoms with Crippen molar-refractivity contribution in [1.29, 1.82) is 0 Å². The molecule has 0 bridgehead atoms. The number of hydrogen-bond acceptors (Lipinski definition) is 2. The lowest BCUT2D eigenvalue weighted by molar-refractivity contribution is 0.0950. The van der Waals surface area contributed by atoms with Gasteiger partial charge >= 0.3 is 0 Å². The van der Waals surface area contributed by atoms with Gasteiger partial charge in [-0.1, -0.05) is 15.9 Å². The van der Waals surface area contributed by atoms with Crippen LogP contribution in [0, 0.1) is 0 Å². The third kappa shape index (κ3) is 4.30. The fourth-order valence-electron chi connectivity index (χ4n) is 1.85. The van der Waals surface area contributed by atoms with Crippen molar-refractivity contribution in [1.82, 2.24) is 10.6 Å². The largest absolute Gasteiger partial charge is 0.350 e. The second-order valence-corrected chi connectivity index (χ2v) is 4.93. The van der Waals surface area contributed by atoms with Crippen LogP contribution in [0.3, 0.4) is 0 Å². The van der Waals surface area contributed by atoms with E-state index in [1.54, 1.807) is 0 Å². The second kappa shape index (κ2) is 6.99. The van der Waals surface area contributed by atoms with Gasteiger partial charge in [0.2, 0.25) is 0 Å². The Morgan fingerprint density at radius 2 is 2.12 bits per heavy atom. The molecule has 1 aliphatic heterocycles. The lowest BCUT2D eigenvalue weighted by Gasteiger charge is -2.11. The molecular formula is C12H16BrClN2O. The van der Waals surface area contributed by atoms with Crippen LogP contribution in [-0.2, 0) is 0 Å². The monoisotopic (exact) mass is 318 g/mol. The molecule has 1 fully saturated rings. The van der Waals surface area contributed by atoms with Gasteiger partial charge in [-0.25, -0.2) is 0 Å². The minimum atomic E-state index is 0.